The second-order valence-corrected chi connectivity index (χ2v) is 5.94. The van der Waals surface area contributed by atoms with Crippen LogP contribution in [0.4, 0.5) is 17.2 Å². The highest BCUT2D eigenvalue weighted by atomic mass is 16.5. The number of benzene rings is 2. The number of aromatic nitrogens is 1. The Balaban J connectivity index is 1.50. The molecule has 3 aromatic rings. The molecule has 0 radical (unpaired) electrons. The number of methoxy groups -OCH3 is 1. The smallest absolute Gasteiger partial charge is 0.263 e. The van der Waals surface area contributed by atoms with E-state index in [1.165, 1.54) is 0 Å². The number of nitrogens with one attached hydrogen (secondary N) is 2. The predicted octanol–water partition coefficient (Wildman–Crippen LogP) is 4.16. The lowest BCUT2D eigenvalue weighted by Crippen LogP contribution is -2.20. The zero-order valence-electron chi connectivity index (χ0n) is 15.2. The molecule has 0 saturated carbocycles. The van der Waals surface area contributed by atoms with Gasteiger partial charge in [-0.05, 0) is 55.5 Å². The summed E-state index contributed by atoms with van der Waals surface area (Å²) in [5, 5.41) is 5.94. The topological polar surface area (TPSA) is 72.5 Å². The summed E-state index contributed by atoms with van der Waals surface area (Å²) >= 11 is 0. The van der Waals surface area contributed by atoms with Crippen molar-refractivity contribution in [1.82, 2.24) is 4.98 Å². The molecule has 0 aliphatic rings. The standard InChI is InChI=1S/C21H21N3O3/c1-15-3-8-19(9-4-15)27-14-21(25)24-20-12-7-17(13-22-20)23-16-5-10-18(26-2)11-6-16/h3-13,23H,14H2,1-2H3,(H,22,24,25). The van der Waals surface area contributed by atoms with Gasteiger partial charge >= 0.3 is 0 Å². The van der Waals surface area contributed by atoms with Gasteiger partial charge in [0.1, 0.15) is 17.3 Å². The third-order valence-electron chi connectivity index (χ3n) is 3.80. The highest BCUT2D eigenvalue weighted by Crippen LogP contribution is 2.20. The summed E-state index contributed by atoms with van der Waals surface area (Å²) in [4.78, 5) is 16.2. The number of hydrogen-bond donors (Lipinski definition) is 2. The molecule has 1 aromatic heterocycles. The van der Waals surface area contributed by atoms with Crippen molar-refractivity contribution in [3.8, 4) is 11.5 Å². The molecule has 1 amide bonds. The van der Waals surface area contributed by atoms with Crippen molar-refractivity contribution in [3.63, 3.8) is 0 Å². The largest absolute Gasteiger partial charge is 0.497 e. The number of hydrogen-bond acceptors (Lipinski definition) is 5. The van der Waals surface area contributed by atoms with Gasteiger partial charge in [0.15, 0.2) is 6.61 Å². The van der Waals surface area contributed by atoms with Crippen LogP contribution in [0.3, 0.4) is 0 Å². The maximum atomic E-state index is 12.0. The van der Waals surface area contributed by atoms with Gasteiger partial charge in [0, 0.05) is 5.69 Å². The molecule has 0 atom stereocenters. The van der Waals surface area contributed by atoms with E-state index in [9.17, 15) is 4.79 Å². The first-order chi connectivity index (χ1) is 13.1. The number of rotatable bonds is 7. The van der Waals surface area contributed by atoms with Gasteiger partial charge in [-0.3, -0.25) is 4.79 Å². The van der Waals surface area contributed by atoms with Gasteiger partial charge in [0.25, 0.3) is 5.91 Å². The molecule has 6 heteroatoms. The predicted molar refractivity (Wildman–Crippen MR) is 106 cm³/mol. The Bertz CT molecular complexity index is 876. The zero-order chi connectivity index (χ0) is 19.1. The van der Waals surface area contributed by atoms with E-state index in [4.69, 9.17) is 9.47 Å². The molecular weight excluding hydrogens is 342 g/mol. The molecule has 0 unspecified atom stereocenters. The molecule has 2 aromatic carbocycles. The van der Waals surface area contributed by atoms with Crippen molar-refractivity contribution >= 4 is 23.1 Å². The molecule has 3 rings (SSSR count). The van der Waals surface area contributed by atoms with Gasteiger partial charge in [-0.2, -0.15) is 0 Å². The molecular formula is C21H21N3O3. The maximum absolute atomic E-state index is 12.0. The van der Waals surface area contributed by atoms with Gasteiger partial charge in [-0.1, -0.05) is 17.7 Å². The van der Waals surface area contributed by atoms with Gasteiger partial charge in [0.2, 0.25) is 0 Å². The normalized spacial score (nSPS) is 10.1. The van der Waals surface area contributed by atoms with Crippen LogP contribution in [0.15, 0.2) is 66.9 Å². The Kier molecular flexibility index (Phi) is 5.89. The Morgan fingerprint density at radius 2 is 1.59 bits per heavy atom. The zero-order valence-corrected chi connectivity index (χ0v) is 15.2. The summed E-state index contributed by atoms with van der Waals surface area (Å²) in [6, 6.07) is 18.7. The van der Waals surface area contributed by atoms with Gasteiger partial charge in [0.05, 0.1) is 19.0 Å². The number of anilines is 3. The average molecular weight is 363 g/mol. The van der Waals surface area contributed by atoms with Crippen LogP contribution in [0.5, 0.6) is 11.5 Å². The van der Waals surface area contributed by atoms with E-state index in [-0.39, 0.29) is 12.5 Å². The number of amides is 1. The number of carbonyl (C=O) groups excluding carboxylic acids is 1. The summed E-state index contributed by atoms with van der Waals surface area (Å²) in [5.74, 6) is 1.65. The van der Waals surface area contributed by atoms with Crippen LogP contribution in [0, 0.1) is 6.92 Å². The second kappa shape index (κ2) is 8.71. The van der Waals surface area contributed by atoms with E-state index in [2.05, 4.69) is 15.6 Å². The molecule has 0 aliphatic carbocycles. The monoisotopic (exact) mass is 363 g/mol. The molecule has 2 N–H and O–H groups in total. The van der Waals surface area contributed by atoms with E-state index in [1.807, 2.05) is 61.5 Å². The summed E-state index contributed by atoms with van der Waals surface area (Å²) in [7, 11) is 1.63. The molecule has 0 spiro atoms. The number of ether oxygens (including phenoxy) is 2. The first-order valence-corrected chi connectivity index (χ1v) is 8.49. The first kappa shape index (κ1) is 18.3. The summed E-state index contributed by atoms with van der Waals surface area (Å²) in [6.45, 7) is 1.92. The van der Waals surface area contributed by atoms with E-state index in [0.29, 0.717) is 11.6 Å². The molecule has 0 bridgehead atoms. The van der Waals surface area contributed by atoms with E-state index in [0.717, 1.165) is 22.7 Å². The number of nitrogens with zero attached hydrogens (tertiary/aromatic N) is 1. The van der Waals surface area contributed by atoms with Crippen molar-refractivity contribution < 1.29 is 14.3 Å². The van der Waals surface area contributed by atoms with E-state index >= 15 is 0 Å². The minimum Gasteiger partial charge on any atom is -0.497 e. The molecule has 1 heterocycles. The number of aryl methyl sites for hydroxylation is 1. The molecule has 138 valence electrons. The Morgan fingerprint density at radius 1 is 0.926 bits per heavy atom. The van der Waals surface area contributed by atoms with Gasteiger partial charge in [-0.25, -0.2) is 4.98 Å². The highest BCUT2D eigenvalue weighted by molar-refractivity contribution is 5.91. The third kappa shape index (κ3) is 5.47. The Labute approximate surface area is 158 Å². The lowest BCUT2D eigenvalue weighted by Gasteiger charge is -2.09. The lowest BCUT2D eigenvalue weighted by molar-refractivity contribution is -0.118. The summed E-state index contributed by atoms with van der Waals surface area (Å²) in [5.41, 5.74) is 2.87. The molecule has 0 fully saturated rings. The van der Waals surface area contributed by atoms with Crippen LogP contribution >= 0.6 is 0 Å². The van der Waals surface area contributed by atoms with Crippen molar-refractivity contribution in [2.75, 3.05) is 24.4 Å². The van der Waals surface area contributed by atoms with Crippen molar-refractivity contribution in [3.05, 3.63) is 72.4 Å². The highest BCUT2D eigenvalue weighted by Gasteiger charge is 2.05. The third-order valence-corrected chi connectivity index (χ3v) is 3.80. The summed E-state index contributed by atoms with van der Waals surface area (Å²) < 4.78 is 10.6. The van der Waals surface area contributed by atoms with Gasteiger partial charge in [-0.15, -0.1) is 0 Å². The van der Waals surface area contributed by atoms with E-state index < -0.39 is 0 Å². The van der Waals surface area contributed by atoms with Crippen LogP contribution in [0.2, 0.25) is 0 Å². The fourth-order valence-electron chi connectivity index (χ4n) is 2.35. The fraction of sp³-hybridized carbons (Fsp3) is 0.143. The van der Waals surface area contributed by atoms with Crippen LogP contribution in [-0.4, -0.2) is 24.6 Å². The minimum atomic E-state index is -0.265. The van der Waals surface area contributed by atoms with Crippen molar-refractivity contribution in [2.24, 2.45) is 0 Å². The average Bonchev–Trinajstić information content (AvgIpc) is 2.70. The SMILES string of the molecule is COc1ccc(Nc2ccc(NC(=O)COc3ccc(C)cc3)nc2)cc1. The minimum absolute atomic E-state index is 0.0728. The van der Waals surface area contributed by atoms with Gasteiger partial charge < -0.3 is 20.1 Å². The Morgan fingerprint density at radius 3 is 2.22 bits per heavy atom. The maximum Gasteiger partial charge on any atom is 0.263 e. The van der Waals surface area contributed by atoms with Crippen LogP contribution in [0.1, 0.15) is 5.56 Å². The second-order valence-electron chi connectivity index (χ2n) is 5.94. The Hall–Kier alpha value is -3.54. The van der Waals surface area contributed by atoms with Crippen LogP contribution in [0.25, 0.3) is 0 Å². The molecule has 0 aliphatic heterocycles. The lowest BCUT2D eigenvalue weighted by atomic mass is 10.2. The number of carbonyl (C=O) groups is 1. The van der Waals surface area contributed by atoms with Crippen molar-refractivity contribution in [2.45, 2.75) is 6.92 Å². The molecule has 0 saturated heterocycles. The molecule has 6 nitrogen and oxygen atoms in total. The van der Waals surface area contributed by atoms with E-state index in [1.54, 1.807) is 19.4 Å². The van der Waals surface area contributed by atoms with Crippen molar-refractivity contribution in [1.29, 1.82) is 0 Å². The fourth-order valence-corrected chi connectivity index (χ4v) is 2.35. The quantitative estimate of drug-likeness (QED) is 0.659. The van der Waals surface area contributed by atoms with Crippen LogP contribution < -0.4 is 20.1 Å². The summed E-state index contributed by atoms with van der Waals surface area (Å²) in [6.07, 6.45) is 1.65. The first-order valence-electron chi connectivity index (χ1n) is 8.49. The molecule has 27 heavy (non-hydrogen) atoms. The van der Waals surface area contributed by atoms with Crippen LogP contribution in [-0.2, 0) is 4.79 Å². The number of pyridine rings is 1.